The van der Waals surface area contributed by atoms with Crippen molar-refractivity contribution in [2.75, 3.05) is 19.6 Å². The number of aliphatic carboxylic acids is 2. The predicted molar refractivity (Wildman–Crippen MR) is 124 cm³/mol. The Balaban J connectivity index is 0.000000360. The third kappa shape index (κ3) is 7.65. The quantitative estimate of drug-likeness (QED) is 0.253. The molecular formula is C25H26F4N2O8. The number of piperidine rings is 3. The summed E-state index contributed by atoms with van der Waals surface area (Å²) < 4.78 is 60.2. The summed E-state index contributed by atoms with van der Waals surface area (Å²) in [4.78, 5) is 34.3. The first kappa shape index (κ1) is 29.8. The molecule has 39 heavy (non-hydrogen) atoms. The zero-order chi connectivity index (χ0) is 28.9. The molecule has 212 valence electrons. The topological polar surface area (TPSA) is 157 Å². The van der Waals surface area contributed by atoms with Gasteiger partial charge in [-0.15, -0.1) is 0 Å². The lowest BCUT2D eigenvalue weighted by atomic mass is 9.86. The summed E-state index contributed by atoms with van der Waals surface area (Å²) in [5.41, 5.74) is 0.194. The summed E-state index contributed by atoms with van der Waals surface area (Å²) in [6.45, 7) is 2.60. The normalized spacial score (nSPS) is 22.1. The summed E-state index contributed by atoms with van der Waals surface area (Å²) in [6, 6.07) is 5.71. The maximum absolute atomic E-state index is 13.8. The van der Waals surface area contributed by atoms with Gasteiger partial charge in [-0.1, -0.05) is 12.1 Å². The Hall–Kier alpha value is -3.75. The third-order valence-corrected chi connectivity index (χ3v) is 6.44. The fraction of sp³-hybridized carbons (Fsp3) is 0.400. The summed E-state index contributed by atoms with van der Waals surface area (Å²) in [6.07, 6.45) is -3.69. The van der Waals surface area contributed by atoms with Gasteiger partial charge in [0.2, 0.25) is 0 Å². The highest BCUT2D eigenvalue weighted by Crippen LogP contribution is 2.30. The molecule has 2 aromatic carbocycles. The number of ether oxygens (including phenoxy) is 1. The molecule has 5 rings (SSSR count). The van der Waals surface area contributed by atoms with E-state index in [4.69, 9.17) is 25.2 Å². The molecule has 0 saturated carbocycles. The van der Waals surface area contributed by atoms with Gasteiger partial charge in [-0.3, -0.25) is 4.90 Å². The van der Waals surface area contributed by atoms with E-state index >= 15 is 0 Å². The van der Waals surface area contributed by atoms with Gasteiger partial charge in [0.05, 0.1) is 6.04 Å². The van der Waals surface area contributed by atoms with Gasteiger partial charge in [0.1, 0.15) is 11.9 Å². The van der Waals surface area contributed by atoms with Crippen LogP contribution in [0.4, 0.5) is 22.4 Å². The fourth-order valence-electron chi connectivity index (χ4n) is 4.39. The van der Waals surface area contributed by atoms with E-state index in [-0.39, 0.29) is 23.1 Å². The Bertz CT molecular complexity index is 1170. The summed E-state index contributed by atoms with van der Waals surface area (Å²) in [5, 5.41) is 35.1. The number of halogens is 4. The average molecular weight is 558 g/mol. The van der Waals surface area contributed by atoms with E-state index in [2.05, 4.69) is 10.2 Å². The van der Waals surface area contributed by atoms with Gasteiger partial charge in [0.15, 0.2) is 29.7 Å². The molecule has 3 aliphatic heterocycles. The van der Waals surface area contributed by atoms with Crippen molar-refractivity contribution in [3.63, 3.8) is 0 Å². The molecule has 14 heteroatoms. The molecular weight excluding hydrogens is 532 g/mol. The zero-order valence-electron chi connectivity index (χ0n) is 20.3. The van der Waals surface area contributed by atoms with Crippen LogP contribution in [-0.4, -0.2) is 81.3 Å². The van der Waals surface area contributed by atoms with E-state index in [1.165, 1.54) is 18.2 Å². The van der Waals surface area contributed by atoms with E-state index in [0.29, 0.717) is 6.54 Å². The number of aliphatic hydroxyl groups excluding tert-OH is 2. The molecule has 0 aliphatic carbocycles. The standard InChI is InChI=1S/C21H20F4N2O2.C4H6O6/c22-15-3-1-2-13(8-15)20(14-9-16(23)19(25)17(24)10-14)26-21(28)29-18-11-27-6-4-12(18)5-7-27;5-1(3(7)8)2(6)4(9)10/h1-3,8-10,12,18,20H,4-7,11H2,(H,26,28);1-2,5-6H,(H,7,8)(H,9,10)/t18-,20?;1-,2-/m00/s1. The Morgan fingerprint density at radius 2 is 1.46 bits per heavy atom. The SMILES string of the molecule is O=C(NC(c1cccc(F)c1)c1cc(F)c(F)c(F)c1)O[C@H]1CN2CCC1CC2.O=C(O)[C@@H](O)[C@H](O)C(=O)O. The number of alkyl carbamates (subject to hydrolysis) is 1. The number of hydrogen-bond acceptors (Lipinski definition) is 7. The largest absolute Gasteiger partial charge is 0.479 e. The molecule has 10 nitrogen and oxygen atoms in total. The number of amides is 1. The molecule has 3 fully saturated rings. The number of rotatable bonds is 7. The van der Waals surface area contributed by atoms with Crippen molar-refractivity contribution in [1.82, 2.24) is 10.2 Å². The van der Waals surface area contributed by atoms with Crippen LogP contribution in [0.3, 0.4) is 0 Å². The molecule has 2 aromatic rings. The number of carbonyl (C=O) groups is 3. The summed E-state index contributed by atoms with van der Waals surface area (Å²) in [5.74, 6) is -8.24. The maximum Gasteiger partial charge on any atom is 0.408 e. The van der Waals surface area contributed by atoms with Gasteiger partial charge in [-0.2, -0.15) is 0 Å². The highest BCUT2D eigenvalue weighted by molar-refractivity contribution is 5.83. The van der Waals surface area contributed by atoms with Gasteiger partial charge in [-0.05, 0) is 67.2 Å². The number of nitrogens with one attached hydrogen (secondary N) is 1. The minimum atomic E-state index is -2.27. The first-order chi connectivity index (χ1) is 18.4. The van der Waals surface area contributed by atoms with Crippen molar-refractivity contribution in [3.05, 3.63) is 70.8 Å². The van der Waals surface area contributed by atoms with E-state index < -0.39 is 59.6 Å². The van der Waals surface area contributed by atoms with Crippen LogP contribution in [0.2, 0.25) is 0 Å². The van der Waals surface area contributed by atoms with E-state index in [0.717, 1.165) is 44.1 Å². The first-order valence-corrected chi connectivity index (χ1v) is 11.8. The summed E-state index contributed by atoms with van der Waals surface area (Å²) >= 11 is 0. The molecule has 1 amide bonds. The Morgan fingerprint density at radius 3 is 1.92 bits per heavy atom. The molecule has 1 unspecified atom stereocenters. The Morgan fingerprint density at radius 1 is 0.897 bits per heavy atom. The number of benzene rings is 2. The average Bonchev–Trinajstić information content (AvgIpc) is 2.90. The second kappa shape index (κ2) is 12.9. The van der Waals surface area contributed by atoms with Crippen LogP contribution < -0.4 is 5.32 Å². The molecule has 2 bridgehead atoms. The van der Waals surface area contributed by atoms with Crippen molar-refractivity contribution in [3.8, 4) is 0 Å². The molecule has 0 aromatic heterocycles. The molecule has 0 spiro atoms. The van der Waals surface area contributed by atoms with Crippen LogP contribution in [0.5, 0.6) is 0 Å². The van der Waals surface area contributed by atoms with Gasteiger partial charge >= 0.3 is 18.0 Å². The van der Waals surface area contributed by atoms with Gasteiger partial charge in [-0.25, -0.2) is 31.9 Å². The number of carboxylic acids is 2. The van der Waals surface area contributed by atoms with E-state index in [1.807, 2.05) is 0 Å². The molecule has 3 aliphatic rings. The maximum atomic E-state index is 13.8. The number of nitrogens with zero attached hydrogens (tertiary/aromatic N) is 1. The third-order valence-electron chi connectivity index (χ3n) is 6.44. The van der Waals surface area contributed by atoms with Crippen LogP contribution in [0, 0.1) is 29.2 Å². The number of carbonyl (C=O) groups excluding carboxylic acids is 1. The second-order valence-corrected chi connectivity index (χ2v) is 9.08. The lowest BCUT2D eigenvalue weighted by Gasteiger charge is -2.43. The highest BCUT2D eigenvalue weighted by atomic mass is 19.2. The number of aliphatic hydroxyl groups is 2. The smallest absolute Gasteiger partial charge is 0.408 e. The van der Waals surface area contributed by atoms with Crippen molar-refractivity contribution in [1.29, 1.82) is 0 Å². The monoisotopic (exact) mass is 558 g/mol. The van der Waals surface area contributed by atoms with Crippen LogP contribution in [0.15, 0.2) is 36.4 Å². The first-order valence-electron chi connectivity index (χ1n) is 11.8. The molecule has 3 heterocycles. The lowest BCUT2D eigenvalue weighted by molar-refractivity contribution is -0.165. The predicted octanol–water partition coefficient (Wildman–Crippen LogP) is 2.03. The summed E-state index contributed by atoms with van der Waals surface area (Å²) in [7, 11) is 0. The van der Waals surface area contributed by atoms with Gasteiger partial charge in [0.25, 0.3) is 0 Å². The minimum absolute atomic E-state index is 0.0575. The highest BCUT2D eigenvalue weighted by Gasteiger charge is 2.37. The van der Waals surface area contributed by atoms with Crippen molar-refractivity contribution >= 4 is 18.0 Å². The number of hydrogen-bond donors (Lipinski definition) is 5. The minimum Gasteiger partial charge on any atom is -0.479 e. The zero-order valence-corrected chi connectivity index (χ0v) is 20.3. The molecule has 0 radical (unpaired) electrons. The van der Waals surface area contributed by atoms with Crippen LogP contribution in [0.1, 0.15) is 30.0 Å². The van der Waals surface area contributed by atoms with Crippen molar-refractivity contribution < 1.29 is 57.1 Å². The van der Waals surface area contributed by atoms with Crippen molar-refractivity contribution in [2.45, 2.75) is 37.2 Å². The molecule has 4 atom stereocenters. The second-order valence-electron chi connectivity index (χ2n) is 9.08. The van der Waals surface area contributed by atoms with Crippen LogP contribution in [0.25, 0.3) is 0 Å². The fourth-order valence-corrected chi connectivity index (χ4v) is 4.39. The number of fused-ring (bicyclic) bond motifs is 3. The number of carboxylic acid groups (broad SMARTS) is 2. The lowest BCUT2D eigenvalue weighted by Crippen LogP contribution is -2.52. The molecule has 3 saturated heterocycles. The Labute approximate surface area is 219 Å². The van der Waals surface area contributed by atoms with E-state index in [9.17, 15) is 31.9 Å². The van der Waals surface area contributed by atoms with E-state index in [1.54, 1.807) is 0 Å². The van der Waals surface area contributed by atoms with Crippen LogP contribution in [-0.2, 0) is 14.3 Å². The Kier molecular flexibility index (Phi) is 9.83. The van der Waals surface area contributed by atoms with Gasteiger partial charge < -0.3 is 30.5 Å². The molecule has 5 N–H and O–H groups in total. The van der Waals surface area contributed by atoms with Gasteiger partial charge in [0, 0.05) is 6.54 Å². The van der Waals surface area contributed by atoms with Crippen LogP contribution >= 0.6 is 0 Å². The van der Waals surface area contributed by atoms with Crippen molar-refractivity contribution in [2.24, 2.45) is 5.92 Å².